The largest absolute Gasteiger partial charge is 0.339 e. The predicted molar refractivity (Wildman–Crippen MR) is 77.4 cm³/mol. The fourth-order valence-electron chi connectivity index (χ4n) is 2.81. The minimum absolute atomic E-state index is 0.252. The first-order valence-corrected chi connectivity index (χ1v) is 7.41. The van der Waals surface area contributed by atoms with Crippen LogP contribution < -0.4 is 0 Å². The lowest BCUT2D eigenvalue weighted by atomic mass is 9.81. The van der Waals surface area contributed by atoms with Crippen LogP contribution in [0.25, 0.3) is 0 Å². The van der Waals surface area contributed by atoms with Gasteiger partial charge in [-0.25, -0.2) is 0 Å². The Bertz CT molecular complexity index is 304. The first-order chi connectivity index (χ1) is 8.47. The maximum atomic E-state index is 11.8. The monoisotopic (exact) mass is 251 g/mol. The van der Waals surface area contributed by atoms with Gasteiger partial charge >= 0.3 is 0 Å². The Labute approximate surface area is 112 Å². The Balaban J connectivity index is 2.36. The van der Waals surface area contributed by atoms with E-state index in [9.17, 15) is 4.79 Å². The summed E-state index contributed by atoms with van der Waals surface area (Å²) < 4.78 is 0. The molecule has 0 radical (unpaired) electrons. The average Bonchev–Trinajstić information content (AvgIpc) is 2.32. The topological polar surface area (TPSA) is 20.3 Å². The van der Waals surface area contributed by atoms with Crippen LogP contribution in [0.1, 0.15) is 60.3 Å². The molecule has 0 aromatic carbocycles. The van der Waals surface area contributed by atoms with E-state index in [0.717, 1.165) is 13.0 Å². The van der Waals surface area contributed by atoms with Gasteiger partial charge in [0.25, 0.3) is 0 Å². The van der Waals surface area contributed by atoms with Crippen molar-refractivity contribution < 1.29 is 4.79 Å². The molecule has 0 aliphatic carbocycles. The highest BCUT2D eigenvalue weighted by atomic mass is 16.2. The van der Waals surface area contributed by atoms with Gasteiger partial charge in [0.1, 0.15) is 0 Å². The predicted octanol–water partition coefficient (Wildman–Crippen LogP) is 4.02. The summed E-state index contributed by atoms with van der Waals surface area (Å²) >= 11 is 0. The van der Waals surface area contributed by atoms with Gasteiger partial charge in [0.15, 0.2) is 0 Å². The Morgan fingerprint density at radius 2 is 2.11 bits per heavy atom. The van der Waals surface area contributed by atoms with Gasteiger partial charge in [0.2, 0.25) is 5.91 Å². The van der Waals surface area contributed by atoms with E-state index < -0.39 is 0 Å². The number of nitrogens with zero attached hydrogens (tertiary/aromatic N) is 1. The number of carbonyl (C=O) groups excluding carboxylic acids is 1. The molecule has 2 unspecified atom stereocenters. The van der Waals surface area contributed by atoms with Gasteiger partial charge in [-0.15, -0.1) is 0 Å². The summed E-state index contributed by atoms with van der Waals surface area (Å²) in [6, 6.07) is 0.499. The molecule has 1 rings (SSSR count). The maximum absolute atomic E-state index is 11.8. The highest BCUT2D eigenvalue weighted by Crippen LogP contribution is 2.32. The number of allylic oxidation sites excluding steroid dienone is 2. The Morgan fingerprint density at radius 3 is 2.67 bits per heavy atom. The lowest BCUT2D eigenvalue weighted by Crippen LogP contribution is -2.60. The SMILES string of the molecule is CCCN1C(=O)C(C)C1C[C@H](C)CCC=C(C)C. The van der Waals surface area contributed by atoms with Gasteiger partial charge in [-0.3, -0.25) is 4.79 Å². The zero-order chi connectivity index (χ0) is 13.7. The number of hydrogen-bond donors (Lipinski definition) is 0. The second-order valence-corrected chi connectivity index (χ2v) is 6.09. The van der Waals surface area contributed by atoms with Crippen LogP contribution in [0.15, 0.2) is 11.6 Å². The smallest absolute Gasteiger partial charge is 0.227 e. The standard InChI is InChI=1S/C16H29NO/c1-6-10-17-15(14(5)16(17)18)11-13(4)9-7-8-12(2)3/h8,13-15H,6-7,9-11H2,1-5H3/t13-,14?,15?/m1/s1. The molecule has 0 bridgehead atoms. The van der Waals surface area contributed by atoms with E-state index in [-0.39, 0.29) is 5.92 Å². The fourth-order valence-corrected chi connectivity index (χ4v) is 2.81. The molecule has 1 heterocycles. The van der Waals surface area contributed by atoms with Crippen LogP contribution in [-0.4, -0.2) is 23.4 Å². The van der Waals surface area contributed by atoms with Crippen LogP contribution in [0.3, 0.4) is 0 Å². The normalized spacial score (nSPS) is 24.7. The highest BCUT2D eigenvalue weighted by molar-refractivity contribution is 5.85. The van der Waals surface area contributed by atoms with Crippen molar-refractivity contribution in [3.63, 3.8) is 0 Å². The Hall–Kier alpha value is -0.790. The van der Waals surface area contributed by atoms with E-state index in [1.54, 1.807) is 0 Å². The number of likely N-dealkylation sites (tertiary alicyclic amines) is 1. The van der Waals surface area contributed by atoms with Crippen LogP contribution in [0.5, 0.6) is 0 Å². The van der Waals surface area contributed by atoms with Gasteiger partial charge in [-0.05, 0) is 45.4 Å². The molecule has 1 saturated heterocycles. The molecule has 3 atom stereocenters. The van der Waals surface area contributed by atoms with Gasteiger partial charge in [-0.1, -0.05) is 32.4 Å². The summed E-state index contributed by atoms with van der Waals surface area (Å²) in [4.78, 5) is 13.8. The molecular weight excluding hydrogens is 222 g/mol. The average molecular weight is 251 g/mol. The van der Waals surface area contributed by atoms with Crippen LogP contribution in [0.4, 0.5) is 0 Å². The molecule has 0 spiro atoms. The first kappa shape index (κ1) is 15.3. The first-order valence-electron chi connectivity index (χ1n) is 7.41. The van der Waals surface area contributed by atoms with Crippen molar-refractivity contribution in [3.8, 4) is 0 Å². The molecule has 1 amide bonds. The molecule has 1 aliphatic heterocycles. The molecule has 0 aromatic heterocycles. The number of hydrogen-bond acceptors (Lipinski definition) is 1. The lowest BCUT2D eigenvalue weighted by molar-refractivity contribution is -0.156. The quantitative estimate of drug-likeness (QED) is 0.494. The minimum atomic E-state index is 0.252. The highest BCUT2D eigenvalue weighted by Gasteiger charge is 2.43. The van der Waals surface area contributed by atoms with Crippen molar-refractivity contribution in [2.24, 2.45) is 11.8 Å². The second kappa shape index (κ2) is 6.96. The number of rotatable bonds is 7. The van der Waals surface area contributed by atoms with E-state index >= 15 is 0 Å². The van der Waals surface area contributed by atoms with Crippen molar-refractivity contribution in [1.29, 1.82) is 0 Å². The molecule has 0 aromatic rings. The van der Waals surface area contributed by atoms with Crippen molar-refractivity contribution in [2.75, 3.05) is 6.54 Å². The fraction of sp³-hybridized carbons (Fsp3) is 0.812. The molecule has 0 saturated carbocycles. The van der Waals surface area contributed by atoms with Crippen LogP contribution in [-0.2, 0) is 4.79 Å². The summed E-state index contributed by atoms with van der Waals surface area (Å²) in [5, 5.41) is 0. The van der Waals surface area contributed by atoms with Crippen molar-refractivity contribution in [1.82, 2.24) is 4.90 Å². The van der Waals surface area contributed by atoms with Crippen LogP contribution >= 0.6 is 0 Å². The third kappa shape index (κ3) is 3.86. The van der Waals surface area contributed by atoms with Gasteiger partial charge < -0.3 is 4.90 Å². The van der Waals surface area contributed by atoms with Crippen molar-refractivity contribution >= 4 is 5.91 Å². The van der Waals surface area contributed by atoms with E-state index in [1.807, 2.05) is 0 Å². The molecule has 2 nitrogen and oxygen atoms in total. The van der Waals surface area contributed by atoms with Crippen LogP contribution in [0, 0.1) is 11.8 Å². The van der Waals surface area contributed by atoms with Gasteiger partial charge in [-0.2, -0.15) is 0 Å². The minimum Gasteiger partial charge on any atom is -0.339 e. The molecule has 1 aliphatic rings. The van der Waals surface area contributed by atoms with Gasteiger partial charge in [0.05, 0.1) is 5.92 Å². The van der Waals surface area contributed by atoms with Crippen molar-refractivity contribution in [3.05, 3.63) is 11.6 Å². The third-order valence-corrected chi connectivity index (χ3v) is 3.97. The molecular formula is C16H29NO. The second-order valence-electron chi connectivity index (χ2n) is 6.09. The zero-order valence-corrected chi connectivity index (χ0v) is 12.7. The van der Waals surface area contributed by atoms with E-state index in [0.29, 0.717) is 17.9 Å². The van der Waals surface area contributed by atoms with E-state index in [1.165, 1.54) is 24.8 Å². The molecule has 2 heteroatoms. The Morgan fingerprint density at radius 1 is 1.44 bits per heavy atom. The molecule has 104 valence electrons. The van der Waals surface area contributed by atoms with E-state index in [4.69, 9.17) is 0 Å². The summed E-state index contributed by atoms with van der Waals surface area (Å²) in [7, 11) is 0. The number of β-lactam (4-membered cyclic amide) rings is 1. The molecule has 0 N–H and O–H groups in total. The lowest BCUT2D eigenvalue weighted by Gasteiger charge is -2.47. The Kier molecular flexibility index (Phi) is 5.90. The summed E-state index contributed by atoms with van der Waals surface area (Å²) in [5.41, 5.74) is 1.40. The maximum Gasteiger partial charge on any atom is 0.227 e. The van der Waals surface area contributed by atoms with Crippen molar-refractivity contribution in [2.45, 2.75) is 66.3 Å². The zero-order valence-electron chi connectivity index (χ0n) is 12.7. The number of amides is 1. The third-order valence-electron chi connectivity index (χ3n) is 3.97. The summed E-state index contributed by atoms with van der Waals surface area (Å²) in [6.45, 7) is 11.8. The summed E-state index contributed by atoms with van der Waals surface area (Å²) in [5.74, 6) is 1.32. The van der Waals surface area contributed by atoms with Crippen LogP contribution in [0.2, 0.25) is 0 Å². The van der Waals surface area contributed by atoms with Gasteiger partial charge in [0, 0.05) is 12.6 Å². The summed E-state index contributed by atoms with van der Waals surface area (Å²) in [6.07, 6.45) is 6.97. The van der Waals surface area contributed by atoms with E-state index in [2.05, 4.69) is 45.6 Å². The number of carbonyl (C=O) groups is 1. The molecule has 18 heavy (non-hydrogen) atoms. The molecule has 1 fully saturated rings.